The quantitative estimate of drug-likeness (QED) is 0.710. The Kier molecular flexibility index (Phi) is 4.92. The van der Waals surface area contributed by atoms with Crippen LogP contribution in [0.3, 0.4) is 0 Å². The van der Waals surface area contributed by atoms with Crippen LogP contribution in [0, 0.1) is 0 Å². The van der Waals surface area contributed by atoms with E-state index in [2.05, 4.69) is 15.0 Å². The predicted molar refractivity (Wildman–Crippen MR) is 104 cm³/mol. The number of nitrogens with one attached hydrogen (secondary N) is 2. The lowest BCUT2D eigenvalue weighted by Crippen LogP contribution is -2.50. The van der Waals surface area contributed by atoms with Crippen molar-refractivity contribution in [3.63, 3.8) is 0 Å². The lowest BCUT2D eigenvalue weighted by Gasteiger charge is -2.34. The molecule has 0 bridgehead atoms. The third kappa shape index (κ3) is 3.66. The molecule has 0 radical (unpaired) electrons. The van der Waals surface area contributed by atoms with Gasteiger partial charge in [-0.1, -0.05) is 12.1 Å². The molecule has 8 nitrogen and oxygen atoms in total. The summed E-state index contributed by atoms with van der Waals surface area (Å²) >= 11 is 0. The van der Waals surface area contributed by atoms with Crippen LogP contribution in [0.4, 0.5) is 0 Å². The summed E-state index contributed by atoms with van der Waals surface area (Å²) in [4.78, 5) is 50.6. The highest BCUT2D eigenvalue weighted by molar-refractivity contribution is 5.92. The standard InChI is InChI=1S/C20H21N5O3/c26-18(8-7-17-22-15-5-2-1-4-14(15)19(27)23-17)24-10-12-25(13-11-24)20(28)16-6-3-9-21-16/h1-6,9,21H,7-8,10-13H2,(H,22,23,27). The van der Waals surface area contributed by atoms with Crippen LogP contribution in [0.15, 0.2) is 47.4 Å². The molecule has 2 N–H and O–H groups in total. The van der Waals surface area contributed by atoms with E-state index in [1.54, 1.807) is 46.3 Å². The topological polar surface area (TPSA) is 102 Å². The van der Waals surface area contributed by atoms with Gasteiger partial charge in [0.25, 0.3) is 11.5 Å². The lowest BCUT2D eigenvalue weighted by atomic mass is 10.2. The maximum Gasteiger partial charge on any atom is 0.270 e. The molecule has 0 saturated carbocycles. The number of carbonyl (C=O) groups is 2. The molecule has 0 spiro atoms. The van der Waals surface area contributed by atoms with Crippen molar-refractivity contribution in [2.45, 2.75) is 12.8 Å². The number of aryl methyl sites for hydroxylation is 1. The maximum atomic E-state index is 12.5. The Morgan fingerprint density at radius 2 is 1.75 bits per heavy atom. The number of rotatable bonds is 4. The highest BCUT2D eigenvalue weighted by Crippen LogP contribution is 2.10. The molecule has 2 amide bonds. The number of nitrogens with zero attached hydrogens (tertiary/aromatic N) is 3. The number of amides is 2. The summed E-state index contributed by atoms with van der Waals surface area (Å²) in [6.07, 6.45) is 2.37. The summed E-state index contributed by atoms with van der Waals surface area (Å²) in [6, 6.07) is 10.7. The summed E-state index contributed by atoms with van der Waals surface area (Å²) in [5.74, 6) is 0.468. The predicted octanol–water partition coefficient (Wildman–Crippen LogP) is 1.17. The average molecular weight is 379 g/mol. The van der Waals surface area contributed by atoms with Gasteiger partial charge in [0.15, 0.2) is 0 Å². The normalized spacial score (nSPS) is 14.4. The third-order valence-electron chi connectivity index (χ3n) is 4.99. The van der Waals surface area contributed by atoms with Crippen molar-refractivity contribution in [3.8, 4) is 0 Å². The second-order valence-corrected chi connectivity index (χ2v) is 6.79. The van der Waals surface area contributed by atoms with Gasteiger partial charge in [-0.05, 0) is 24.3 Å². The van der Waals surface area contributed by atoms with Crippen molar-refractivity contribution < 1.29 is 9.59 Å². The summed E-state index contributed by atoms with van der Waals surface area (Å²) in [6.45, 7) is 2.03. The van der Waals surface area contributed by atoms with Crippen molar-refractivity contribution in [1.29, 1.82) is 0 Å². The van der Waals surface area contributed by atoms with Crippen molar-refractivity contribution >= 4 is 22.7 Å². The van der Waals surface area contributed by atoms with Crippen LogP contribution in [0.1, 0.15) is 22.7 Å². The minimum absolute atomic E-state index is 0.00257. The monoisotopic (exact) mass is 379 g/mol. The summed E-state index contributed by atoms with van der Waals surface area (Å²) in [7, 11) is 0. The number of carbonyl (C=O) groups excluding carboxylic acids is 2. The SMILES string of the molecule is O=C(CCc1nc2ccccc2c(=O)[nH]1)N1CCN(C(=O)c2ccc[nH]2)CC1. The van der Waals surface area contributed by atoms with E-state index >= 15 is 0 Å². The fourth-order valence-corrected chi connectivity index (χ4v) is 3.43. The second kappa shape index (κ2) is 7.67. The van der Waals surface area contributed by atoms with Gasteiger partial charge < -0.3 is 19.8 Å². The van der Waals surface area contributed by atoms with E-state index in [-0.39, 0.29) is 23.8 Å². The zero-order valence-corrected chi connectivity index (χ0v) is 15.4. The summed E-state index contributed by atoms with van der Waals surface area (Å²) < 4.78 is 0. The van der Waals surface area contributed by atoms with Gasteiger partial charge in [-0.15, -0.1) is 0 Å². The zero-order valence-electron chi connectivity index (χ0n) is 15.4. The maximum absolute atomic E-state index is 12.5. The minimum atomic E-state index is -0.190. The molecule has 28 heavy (non-hydrogen) atoms. The molecular formula is C20H21N5O3. The molecule has 0 aliphatic carbocycles. The first-order valence-electron chi connectivity index (χ1n) is 9.30. The Balaban J connectivity index is 1.33. The number of aromatic amines is 2. The van der Waals surface area contributed by atoms with Crippen LogP contribution < -0.4 is 5.56 Å². The highest BCUT2D eigenvalue weighted by atomic mass is 16.2. The second-order valence-electron chi connectivity index (χ2n) is 6.79. The number of fused-ring (bicyclic) bond motifs is 1. The van der Waals surface area contributed by atoms with Gasteiger partial charge in [0.1, 0.15) is 11.5 Å². The molecule has 2 aromatic heterocycles. The van der Waals surface area contributed by atoms with E-state index in [1.807, 2.05) is 6.07 Å². The highest BCUT2D eigenvalue weighted by Gasteiger charge is 2.25. The van der Waals surface area contributed by atoms with Gasteiger partial charge in [-0.25, -0.2) is 4.98 Å². The Morgan fingerprint density at radius 1 is 1.00 bits per heavy atom. The molecule has 1 aromatic carbocycles. The van der Waals surface area contributed by atoms with Crippen molar-refractivity contribution in [2.24, 2.45) is 0 Å². The molecule has 1 aliphatic heterocycles. The van der Waals surface area contributed by atoms with Crippen LogP contribution in [0.2, 0.25) is 0 Å². The fourth-order valence-electron chi connectivity index (χ4n) is 3.43. The molecule has 1 aliphatic rings. The molecule has 1 saturated heterocycles. The van der Waals surface area contributed by atoms with Crippen LogP contribution in [0.25, 0.3) is 10.9 Å². The Bertz CT molecular complexity index is 1050. The van der Waals surface area contributed by atoms with E-state index < -0.39 is 0 Å². The van der Waals surface area contributed by atoms with Gasteiger partial charge in [-0.3, -0.25) is 14.4 Å². The van der Waals surface area contributed by atoms with Gasteiger partial charge in [0.2, 0.25) is 5.91 Å². The smallest absolute Gasteiger partial charge is 0.270 e. The van der Waals surface area contributed by atoms with E-state index in [9.17, 15) is 14.4 Å². The Hall–Kier alpha value is -3.42. The lowest BCUT2D eigenvalue weighted by molar-refractivity contribution is -0.132. The Labute approximate surface area is 161 Å². The molecule has 0 atom stereocenters. The Morgan fingerprint density at radius 3 is 2.50 bits per heavy atom. The van der Waals surface area contributed by atoms with E-state index in [4.69, 9.17) is 0 Å². The van der Waals surface area contributed by atoms with Gasteiger partial charge in [0, 0.05) is 45.2 Å². The molecule has 1 fully saturated rings. The molecular weight excluding hydrogens is 358 g/mol. The van der Waals surface area contributed by atoms with Crippen LogP contribution in [-0.2, 0) is 11.2 Å². The van der Waals surface area contributed by atoms with E-state index in [0.717, 1.165) is 0 Å². The number of benzene rings is 1. The van der Waals surface area contributed by atoms with Crippen LogP contribution in [-0.4, -0.2) is 62.7 Å². The first kappa shape index (κ1) is 18.0. The molecule has 0 unspecified atom stereocenters. The first-order valence-corrected chi connectivity index (χ1v) is 9.30. The number of hydrogen-bond acceptors (Lipinski definition) is 4. The molecule has 3 aromatic rings. The van der Waals surface area contributed by atoms with Crippen LogP contribution in [0.5, 0.6) is 0 Å². The number of para-hydroxylation sites is 1. The number of aromatic nitrogens is 3. The average Bonchev–Trinajstić information content (AvgIpc) is 3.26. The molecule has 144 valence electrons. The minimum Gasteiger partial charge on any atom is -0.357 e. The van der Waals surface area contributed by atoms with Crippen LogP contribution >= 0.6 is 0 Å². The molecule has 3 heterocycles. The largest absolute Gasteiger partial charge is 0.357 e. The number of H-pyrrole nitrogens is 2. The summed E-state index contributed by atoms with van der Waals surface area (Å²) in [5.41, 5.74) is 1.00. The van der Waals surface area contributed by atoms with Crippen molar-refractivity contribution in [1.82, 2.24) is 24.8 Å². The first-order chi connectivity index (χ1) is 13.6. The number of hydrogen-bond donors (Lipinski definition) is 2. The third-order valence-corrected chi connectivity index (χ3v) is 4.99. The van der Waals surface area contributed by atoms with Gasteiger partial charge in [0.05, 0.1) is 10.9 Å². The molecule has 4 rings (SSSR count). The van der Waals surface area contributed by atoms with Gasteiger partial charge in [-0.2, -0.15) is 0 Å². The van der Waals surface area contributed by atoms with Crippen molar-refractivity contribution in [3.05, 3.63) is 64.5 Å². The summed E-state index contributed by atoms with van der Waals surface area (Å²) in [5, 5.41) is 0.542. The fraction of sp³-hybridized carbons (Fsp3) is 0.300. The molecule has 8 heteroatoms. The van der Waals surface area contributed by atoms with E-state index in [0.29, 0.717) is 55.0 Å². The zero-order chi connectivity index (χ0) is 19.5. The number of piperazine rings is 1. The van der Waals surface area contributed by atoms with Gasteiger partial charge >= 0.3 is 0 Å². The van der Waals surface area contributed by atoms with Crippen molar-refractivity contribution in [2.75, 3.05) is 26.2 Å². The van der Waals surface area contributed by atoms with E-state index in [1.165, 1.54) is 0 Å².